The molecule has 1 aliphatic carbocycles. The van der Waals surface area contributed by atoms with Gasteiger partial charge in [0, 0.05) is 18.2 Å². The van der Waals surface area contributed by atoms with Crippen LogP contribution < -0.4 is 0 Å². The van der Waals surface area contributed by atoms with Crippen molar-refractivity contribution in [2.24, 2.45) is 5.92 Å². The Morgan fingerprint density at radius 1 is 1.44 bits per heavy atom. The third-order valence-electron chi connectivity index (χ3n) is 3.75. The van der Waals surface area contributed by atoms with Crippen LogP contribution in [-0.4, -0.2) is 16.8 Å². The highest BCUT2D eigenvalue weighted by atomic mass is 19.1. The SMILES string of the molecule is CC(C1CC1)N1Cc2ccc(F)cc2C1=N. The van der Waals surface area contributed by atoms with E-state index < -0.39 is 0 Å². The lowest BCUT2D eigenvalue weighted by molar-refractivity contribution is 0.304. The molecule has 1 atom stereocenters. The fourth-order valence-corrected chi connectivity index (χ4v) is 2.51. The van der Waals surface area contributed by atoms with Crippen molar-refractivity contribution in [1.29, 1.82) is 5.41 Å². The van der Waals surface area contributed by atoms with Gasteiger partial charge in [-0.05, 0) is 43.4 Å². The quantitative estimate of drug-likeness (QED) is 0.812. The van der Waals surface area contributed by atoms with Crippen LogP contribution in [0.1, 0.15) is 30.9 Å². The van der Waals surface area contributed by atoms with Crippen molar-refractivity contribution in [3.05, 3.63) is 35.1 Å². The number of hydrogen-bond acceptors (Lipinski definition) is 1. The Morgan fingerprint density at radius 2 is 2.19 bits per heavy atom. The number of halogens is 1. The molecule has 1 N–H and O–H groups in total. The fourth-order valence-electron chi connectivity index (χ4n) is 2.51. The zero-order valence-electron chi connectivity index (χ0n) is 9.33. The van der Waals surface area contributed by atoms with E-state index >= 15 is 0 Å². The molecule has 0 amide bonds. The van der Waals surface area contributed by atoms with Crippen molar-refractivity contribution in [2.45, 2.75) is 32.4 Å². The van der Waals surface area contributed by atoms with Gasteiger partial charge in [-0.1, -0.05) is 6.07 Å². The highest BCUT2D eigenvalue weighted by Gasteiger charge is 2.36. The Kier molecular flexibility index (Phi) is 2.03. The number of fused-ring (bicyclic) bond motifs is 1. The molecule has 2 aliphatic rings. The number of hydrogen-bond donors (Lipinski definition) is 1. The maximum atomic E-state index is 13.1. The molecule has 1 heterocycles. The van der Waals surface area contributed by atoms with Gasteiger partial charge in [-0.3, -0.25) is 5.41 Å². The van der Waals surface area contributed by atoms with Crippen molar-refractivity contribution in [3.63, 3.8) is 0 Å². The van der Waals surface area contributed by atoms with E-state index in [4.69, 9.17) is 5.41 Å². The molecule has 3 rings (SSSR count). The highest BCUT2D eigenvalue weighted by molar-refractivity contribution is 6.00. The van der Waals surface area contributed by atoms with Gasteiger partial charge in [0.15, 0.2) is 0 Å². The number of amidine groups is 1. The normalized spacial score (nSPS) is 21.1. The van der Waals surface area contributed by atoms with Gasteiger partial charge in [-0.15, -0.1) is 0 Å². The van der Waals surface area contributed by atoms with Crippen LogP contribution in [-0.2, 0) is 6.54 Å². The van der Waals surface area contributed by atoms with Gasteiger partial charge in [0.05, 0.1) is 0 Å². The number of nitrogens with zero attached hydrogens (tertiary/aromatic N) is 1. The second kappa shape index (κ2) is 3.30. The average Bonchev–Trinajstić information content (AvgIpc) is 3.05. The summed E-state index contributed by atoms with van der Waals surface area (Å²) in [6, 6.07) is 5.19. The van der Waals surface area contributed by atoms with Gasteiger partial charge >= 0.3 is 0 Å². The molecule has 1 fully saturated rings. The van der Waals surface area contributed by atoms with E-state index in [2.05, 4.69) is 11.8 Å². The van der Waals surface area contributed by atoms with Gasteiger partial charge in [-0.25, -0.2) is 4.39 Å². The molecule has 1 unspecified atom stereocenters. The molecule has 1 aliphatic heterocycles. The average molecular weight is 218 g/mol. The smallest absolute Gasteiger partial charge is 0.129 e. The third-order valence-corrected chi connectivity index (χ3v) is 3.75. The lowest BCUT2D eigenvalue weighted by Crippen LogP contribution is -2.34. The summed E-state index contributed by atoms with van der Waals surface area (Å²) in [6.45, 7) is 2.94. The molecule has 0 saturated heterocycles. The minimum absolute atomic E-state index is 0.246. The van der Waals surface area contributed by atoms with Crippen molar-refractivity contribution in [2.75, 3.05) is 0 Å². The summed E-state index contributed by atoms with van der Waals surface area (Å²) in [4.78, 5) is 2.10. The molecule has 0 spiro atoms. The summed E-state index contributed by atoms with van der Waals surface area (Å²) in [5.74, 6) is 0.984. The maximum Gasteiger partial charge on any atom is 0.129 e. The number of rotatable bonds is 2. The first-order valence-electron chi connectivity index (χ1n) is 5.81. The first-order chi connectivity index (χ1) is 7.66. The Labute approximate surface area is 94.6 Å². The van der Waals surface area contributed by atoms with Crippen LogP contribution in [0, 0.1) is 17.1 Å². The van der Waals surface area contributed by atoms with Gasteiger partial charge in [-0.2, -0.15) is 0 Å². The zero-order valence-corrected chi connectivity index (χ0v) is 9.33. The minimum Gasteiger partial charge on any atom is -0.349 e. The molecule has 0 radical (unpaired) electrons. The van der Waals surface area contributed by atoms with Crippen LogP contribution in [0.5, 0.6) is 0 Å². The summed E-state index contributed by atoms with van der Waals surface area (Å²) in [6.07, 6.45) is 2.55. The van der Waals surface area contributed by atoms with E-state index in [0.29, 0.717) is 11.9 Å². The Morgan fingerprint density at radius 3 is 2.88 bits per heavy atom. The van der Waals surface area contributed by atoms with Crippen molar-refractivity contribution < 1.29 is 4.39 Å². The van der Waals surface area contributed by atoms with Crippen molar-refractivity contribution >= 4 is 5.84 Å². The minimum atomic E-state index is -0.246. The Balaban J connectivity index is 1.90. The van der Waals surface area contributed by atoms with E-state index in [1.807, 2.05) is 0 Å². The molecule has 1 aromatic rings. The third kappa shape index (κ3) is 1.42. The van der Waals surface area contributed by atoms with E-state index in [9.17, 15) is 4.39 Å². The molecule has 1 aromatic carbocycles. The molecular formula is C13H15FN2. The van der Waals surface area contributed by atoms with E-state index in [1.54, 1.807) is 6.07 Å². The lowest BCUT2D eigenvalue weighted by atomic mass is 10.1. The number of benzene rings is 1. The lowest BCUT2D eigenvalue weighted by Gasteiger charge is -2.25. The summed E-state index contributed by atoms with van der Waals surface area (Å²) < 4.78 is 13.1. The summed E-state index contributed by atoms with van der Waals surface area (Å²) >= 11 is 0. The van der Waals surface area contributed by atoms with Crippen LogP contribution in [0.25, 0.3) is 0 Å². The van der Waals surface area contributed by atoms with E-state index in [0.717, 1.165) is 23.6 Å². The Bertz CT molecular complexity index is 451. The van der Waals surface area contributed by atoms with Gasteiger partial charge in [0.25, 0.3) is 0 Å². The molecule has 0 bridgehead atoms. The fraction of sp³-hybridized carbons (Fsp3) is 0.462. The van der Waals surface area contributed by atoms with Crippen LogP contribution in [0.2, 0.25) is 0 Å². The van der Waals surface area contributed by atoms with Gasteiger partial charge in [0.2, 0.25) is 0 Å². The Hall–Kier alpha value is -1.38. The predicted octanol–water partition coefficient (Wildman–Crippen LogP) is 2.77. The summed E-state index contributed by atoms with van der Waals surface area (Å²) in [5, 5.41) is 8.10. The van der Waals surface area contributed by atoms with Crippen LogP contribution >= 0.6 is 0 Å². The molecule has 1 saturated carbocycles. The predicted molar refractivity (Wildman–Crippen MR) is 61.0 cm³/mol. The molecule has 3 heteroatoms. The van der Waals surface area contributed by atoms with Crippen molar-refractivity contribution in [1.82, 2.24) is 4.90 Å². The highest BCUT2D eigenvalue weighted by Crippen LogP contribution is 2.38. The molecule has 84 valence electrons. The van der Waals surface area contributed by atoms with Crippen molar-refractivity contribution in [3.8, 4) is 0 Å². The second-order valence-corrected chi connectivity index (χ2v) is 4.86. The largest absolute Gasteiger partial charge is 0.349 e. The van der Waals surface area contributed by atoms with Gasteiger partial charge < -0.3 is 4.90 Å². The summed E-state index contributed by atoms with van der Waals surface area (Å²) in [5.41, 5.74) is 1.85. The topological polar surface area (TPSA) is 27.1 Å². The molecule has 2 nitrogen and oxygen atoms in total. The number of nitrogens with one attached hydrogen (secondary N) is 1. The molecular weight excluding hydrogens is 203 g/mol. The van der Waals surface area contributed by atoms with Crippen LogP contribution in [0.3, 0.4) is 0 Å². The van der Waals surface area contributed by atoms with Crippen LogP contribution in [0.4, 0.5) is 4.39 Å². The standard InChI is InChI=1S/C13H15FN2/c1-8(9-2-3-9)16-7-10-4-5-11(14)6-12(10)13(16)15/h4-6,8-9,15H,2-3,7H2,1H3. The van der Waals surface area contributed by atoms with E-state index in [1.165, 1.54) is 25.0 Å². The molecule has 16 heavy (non-hydrogen) atoms. The first kappa shape index (κ1) is 9.82. The van der Waals surface area contributed by atoms with Crippen LogP contribution in [0.15, 0.2) is 18.2 Å². The molecule has 0 aromatic heterocycles. The zero-order chi connectivity index (χ0) is 11.3. The van der Waals surface area contributed by atoms with Gasteiger partial charge in [0.1, 0.15) is 11.7 Å². The van der Waals surface area contributed by atoms with E-state index in [-0.39, 0.29) is 5.82 Å². The monoisotopic (exact) mass is 218 g/mol. The first-order valence-corrected chi connectivity index (χ1v) is 5.81. The maximum absolute atomic E-state index is 13.1. The second-order valence-electron chi connectivity index (χ2n) is 4.86. The summed E-state index contributed by atoms with van der Waals surface area (Å²) in [7, 11) is 0.